The summed E-state index contributed by atoms with van der Waals surface area (Å²) in [7, 11) is 0. The molecule has 104 valence electrons. The Balaban J connectivity index is 2.23. The molecule has 0 aliphatic heterocycles. The van der Waals surface area contributed by atoms with Gasteiger partial charge in [-0.3, -0.25) is 10.6 Å². The fraction of sp³-hybridized carbons (Fsp3) is 0.188. The molecule has 0 aliphatic carbocycles. The number of hydrazine groups is 1. The van der Waals surface area contributed by atoms with Crippen molar-refractivity contribution in [2.75, 3.05) is 10.7 Å². The molecule has 0 unspecified atom stereocenters. The molecule has 0 atom stereocenters. The predicted octanol–water partition coefficient (Wildman–Crippen LogP) is 3.10. The maximum absolute atomic E-state index is 12.3. The van der Waals surface area contributed by atoms with Gasteiger partial charge in [-0.05, 0) is 48.7 Å². The number of amides is 1. The van der Waals surface area contributed by atoms with Crippen molar-refractivity contribution in [1.82, 2.24) is 0 Å². The highest BCUT2D eigenvalue weighted by atomic mass is 16.1. The highest BCUT2D eigenvalue weighted by molar-refractivity contribution is 6.08. The van der Waals surface area contributed by atoms with E-state index in [4.69, 9.17) is 5.84 Å². The lowest BCUT2D eigenvalue weighted by Crippen LogP contribution is -2.17. The van der Waals surface area contributed by atoms with Crippen molar-refractivity contribution in [2.45, 2.75) is 20.3 Å². The molecule has 4 N–H and O–H groups in total. The van der Waals surface area contributed by atoms with Gasteiger partial charge in [0.25, 0.3) is 5.91 Å². The number of nitrogen functional groups attached to an aromatic ring is 1. The summed E-state index contributed by atoms with van der Waals surface area (Å²) in [6.07, 6.45) is 0.934. The fourth-order valence-electron chi connectivity index (χ4n) is 2.04. The van der Waals surface area contributed by atoms with Crippen molar-refractivity contribution in [3.05, 3.63) is 59.2 Å². The quantitative estimate of drug-likeness (QED) is 0.590. The predicted molar refractivity (Wildman–Crippen MR) is 82.8 cm³/mol. The number of aryl methyl sites for hydroxylation is 2. The first-order valence-corrected chi connectivity index (χ1v) is 6.61. The molecule has 0 heterocycles. The third kappa shape index (κ3) is 3.16. The third-order valence-electron chi connectivity index (χ3n) is 3.17. The van der Waals surface area contributed by atoms with Crippen LogP contribution in [0.5, 0.6) is 0 Å². The van der Waals surface area contributed by atoms with Crippen LogP contribution in [0.25, 0.3) is 0 Å². The smallest absolute Gasteiger partial charge is 0.257 e. The molecule has 0 saturated heterocycles. The van der Waals surface area contributed by atoms with E-state index >= 15 is 0 Å². The van der Waals surface area contributed by atoms with Gasteiger partial charge in [0.2, 0.25) is 0 Å². The Hall–Kier alpha value is -2.33. The van der Waals surface area contributed by atoms with Gasteiger partial charge in [0, 0.05) is 5.69 Å². The molecule has 1 amide bonds. The van der Waals surface area contributed by atoms with Crippen LogP contribution in [-0.4, -0.2) is 5.91 Å². The van der Waals surface area contributed by atoms with Crippen molar-refractivity contribution in [3.8, 4) is 0 Å². The number of nitrogens with one attached hydrogen (secondary N) is 2. The van der Waals surface area contributed by atoms with Gasteiger partial charge >= 0.3 is 0 Å². The number of nitrogens with two attached hydrogens (primary N) is 1. The van der Waals surface area contributed by atoms with Gasteiger partial charge in [0.1, 0.15) is 0 Å². The van der Waals surface area contributed by atoms with Crippen LogP contribution in [0.4, 0.5) is 11.4 Å². The van der Waals surface area contributed by atoms with E-state index in [0.29, 0.717) is 11.3 Å². The molecule has 0 saturated carbocycles. The van der Waals surface area contributed by atoms with Crippen LogP contribution in [0.2, 0.25) is 0 Å². The van der Waals surface area contributed by atoms with E-state index in [1.807, 2.05) is 43.3 Å². The number of hydrogen-bond donors (Lipinski definition) is 3. The van der Waals surface area contributed by atoms with Crippen LogP contribution in [-0.2, 0) is 6.42 Å². The first-order chi connectivity index (χ1) is 9.63. The molecule has 0 bridgehead atoms. The van der Waals surface area contributed by atoms with Gasteiger partial charge in [-0.15, -0.1) is 0 Å². The minimum absolute atomic E-state index is 0.175. The topological polar surface area (TPSA) is 67.2 Å². The Morgan fingerprint density at radius 2 is 2.00 bits per heavy atom. The van der Waals surface area contributed by atoms with Gasteiger partial charge in [-0.1, -0.05) is 25.1 Å². The van der Waals surface area contributed by atoms with Crippen LogP contribution in [0.3, 0.4) is 0 Å². The van der Waals surface area contributed by atoms with E-state index in [1.165, 1.54) is 5.56 Å². The van der Waals surface area contributed by atoms with Crippen LogP contribution >= 0.6 is 0 Å². The first-order valence-electron chi connectivity index (χ1n) is 6.61. The number of carbonyl (C=O) groups is 1. The largest absolute Gasteiger partial charge is 0.323 e. The summed E-state index contributed by atoms with van der Waals surface area (Å²) in [6.45, 7) is 4.03. The number of rotatable bonds is 4. The summed E-state index contributed by atoms with van der Waals surface area (Å²) in [5.74, 6) is 5.29. The second-order valence-corrected chi connectivity index (χ2v) is 4.70. The van der Waals surface area contributed by atoms with Gasteiger partial charge in [-0.25, -0.2) is 0 Å². The van der Waals surface area contributed by atoms with Crippen molar-refractivity contribution >= 4 is 17.3 Å². The summed E-state index contributed by atoms with van der Waals surface area (Å²) in [5.41, 5.74) is 6.73. The molecular formula is C16H19N3O. The molecule has 4 nitrogen and oxygen atoms in total. The summed E-state index contributed by atoms with van der Waals surface area (Å²) in [4.78, 5) is 12.3. The van der Waals surface area contributed by atoms with E-state index in [-0.39, 0.29) is 5.91 Å². The number of anilines is 2. The molecule has 20 heavy (non-hydrogen) atoms. The van der Waals surface area contributed by atoms with Gasteiger partial charge in [-0.2, -0.15) is 0 Å². The molecule has 2 aromatic carbocycles. The Labute approximate surface area is 119 Å². The Kier molecular flexibility index (Phi) is 4.38. The summed E-state index contributed by atoms with van der Waals surface area (Å²) in [6, 6.07) is 13.3. The van der Waals surface area contributed by atoms with Gasteiger partial charge in [0.15, 0.2) is 0 Å². The van der Waals surface area contributed by atoms with Crippen LogP contribution in [0.1, 0.15) is 28.4 Å². The molecular weight excluding hydrogens is 250 g/mol. The highest BCUT2D eigenvalue weighted by Crippen LogP contribution is 2.19. The molecule has 0 radical (unpaired) electrons. The number of benzene rings is 2. The van der Waals surface area contributed by atoms with Crippen molar-refractivity contribution < 1.29 is 4.79 Å². The third-order valence-corrected chi connectivity index (χ3v) is 3.17. The van der Waals surface area contributed by atoms with Gasteiger partial charge in [0.05, 0.1) is 11.3 Å². The number of carbonyl (C=O) groups excluding carboxylic acids is 1. The lowest BCUT2D eigenvalue weighted by Gasteiger charge is -2.11. The minimum atomic E-state index is -0.175. The van der Waals surface area contributed by atoms with E-state index in [9.17, 15) is 4.79 Å². The zero-order chi connectivity index (χ0) is 14.5. The van der Waals surface area contributed by atoms with E-state index in [2.05, 4.69) is 17.7 Å². The molecule has 0 spiro atoms. The van der Waals surface area contributed by atoms with Crippen LogP contribution < -0.4 is 16.6 Å². The fourth-order valence-corrected chi connectivity index (χ4v) is 2.04. The van der Waals surface area contributed by atoms with Gasteiger partial charge < -0.3 is 10.7 Å². The first kappa shape index (κ1) is 14.1. The summed E-state index contributed by atoms with van der Waals surface area (Å²) in [5, 5.41) is 2.89. The summed E-state index contributed by atoms with van der Waals surface area (Å²) >= 11 is 0. The maximum Gasteiger partial charge on any atom is 0.257 e. The van der Waals surface area contributed by atoms with Crippen LogP contribution in [0, 0.1) is 6.92 Å². The Bertz CT molecular complexity index is 623. The average Bonchev–Trinajstić information content (AvgIpc) is 2.47. The molecule has 0 aliphatic rings. The highest BCUT2D eigenvalue weighted by Gasteiger charge is 2.11. The van der Waals surface area contributed by atoms with Crippen molar-refractivity contribution in [3.63, 3.8) is 0 Å². The average molecular weight is 269 g/mol. The molecule has 2 rings (SSSR count). The second kappa shape index (κ2) is 6.21. The Morgan fingerprint density at radius 3 is 2.70 bits per heavy atom. The van der Waals surface area contributed by atoms with E-state index < -0.39 is 0 Å². The number of hydrogen-bond acceptors (Lipinski definition) is 3. The van der Waals surface area contributed by atoms with E-state index in [1.54, 1.807) is 6.07 Å². The lowest BCUT2D eigenvalue weighted by atomic mass is 10.1. The van der Waals surface area contributed by atoms with Crippen molar-refractivity contribution in [1.29, 1.82) is 0 Å². The maximum atomic E-state index is 12.3. The second-order valence-electron chi connectivity index (χ2n) is 4.70. The molecule has 0 aromatic heterocycles. The molecule has 4 heteroatoms. The SMILES string of the molecule is CCc1cccc(NC(=O)c2ccc(C)cc2NN)c1. The van der Waals surface area contributed by atoms with Crippen molar-refractivity contribution in [2.24, 2.45) is 5.84 Å². The lowest BCUT2D eigenvalue weighted by molar-refractivity contribution is 0.102. The summed E-state index contributed by atoms with van der Waals surface area (Å²) < 4.78 is 0. The monoisotopic (exact) mass is 269 g/mol. The standard InChI is InChI=1S/C16H19N3O/c1-3-12-5-4-6-13(10-12)18-16(20)14-8-7-11(2)9-15(14)19-17/h4-10,19H,3,17H2,1-2H3,(H,18,20). The Morgan fingerprint density at radius 1 is 1.20 bits per heavy atom. The zero-order valence-corrected chi connectivity index (χ0v) is 11.7. The normalized spacial score (nSPS) is 10.2. The van der Waals surface area contributed by atoms with Crippen LogP contribution in [0.15, 0.2) is 42.5 Å². The zero-order valence-electron chi connectivity index (χ0n) is 11.7. The van der Waals surface area contributed by atoms with E-state index in [0.717, 1.165) is 17.7 Å². The molecule has 0 fully saturated rings. The molecule has 2 aromatic rings. The minimum Gasteiger partial charge on any atom is -0.323 e.